The van der Waals surface area contributed by atoms with Crippen LogP contribution >= 0.6 is 0 Å². The molecule has 94 valence electrons. The van der Waals surface area contributed by atoms with E-state index in [2.05, 4.69) is 0 Å². The number of phenols is 1. The van der Waals surface area contributed by atoms with E-state index >= 15 is 0 Å². The molecule has 1 fully saturated rings. The first kappa shape index (κ1) is 12.0. The lowest BCUT2D eigenvalue weighted by Crippen LogP contribution is -2.31. The average molecular weight is 237 g/mol. The quantitative estimate of drug-likeness (QED) is 0.838. The Hall–Kier alpha value is -1.42. The van der Waals surface area contributed by atoms with Crippen molar-refractivity contribution in [3.8, 4) is 17.2 Å². The number of aromatic hydroxyl groups is 1. The zero-order valence-electron chi connectivity index (χ0n) is 10.5. The lowest BCUT2D eigenvalue weighted by atomic mass is 9.88. The minimum absolute atomic E-state index is 0.0305. The summed E-state index contributed by atoms with van der Waals surface area (Å²) in [6.07, 6.45) is 2.04. The van der Waals surface area contributed by atoms with Gasteiger partial charge in [-0.1, -0.05) is 0 Å². The van der Waals surface area contributed by atoms with Crippen LogP contribution in [0, 0.1) is 0 Å². The minimum Gasteiger partial charge on any atom is -0.508 e. The molecule has 0 aromatic heterocycles. The summed E-state index contributed by atoms with van der Waals surface area (Å²) >= 11 is 0. The van der Waals surface area contributed by atoms with Crippen LogP contribution in [0.4, 0.5) is 0 Å². The maximum Gasteiger partial charge on any atom is 0.164 e. The van der Waals surface area contributed by atoms with Crippen molar-refractivity contribution in [3.05, 3.63) is 17.7 Å². The van der Waals surface area contributed by atoms with Gasteiger partial charge in [-0.05, 0) is 25.8 Å². The molecule has 4 heteroatoms. The first-order chi connectivity index (χ1) is 8.05. The van der Waals surface area contributed by atoms with Gasteiger partial charge in [-0.15, -0.1) is 0 Å². The average Bonchev–Trinajstić information content (AvgIpc) is 3.08. The fourth-order valence-corrected chi connectivity index (χ4v) is 2.42. The molecule has 1 saturated carbocycles. The fourth-order valence-electron chi connectivity index (χ4n) is 2.42. The number of benzene rings is 1. The van der Waals surface area contributed by atoms with E-state index in [1.807, 2.05) is 6.92 Å². The van der Waals surface area contributed by atoms with Crippen molar-refractivity contribution in [1.82, 2.24) is 0 Å². The molecule has 0 heterocycles. The second kappa shape index (κ2) is 4.11. The Kier molecular flexibility index (Phi) is 2.91. The third-order valence-electron chi connectivity index (χ3n) is 3.66. The summed E-state index contributed by atoms with van der Waals surface area (Å²) in [7, 11) is 3.17. The van der Waals surface area contributed by atoms with E-state index in [1.165, 1.54) is 0 Å². The molecule has 0 amide bonds. The van der Waals surface area contributed by atoms with Gasteiger partial charge in [-0.25, -0.2) is 0 Å². The smallest absolute Gasteiger partial charge is 0.164 e. The topological polar surface area (TPSA) is 64.7 Å². The van der Waals surface area contributed by atoms with Gasteiger partial charge >= 0.3 is 0 Å². The summed E-state index contributed by atoms with van der Waals surface area (Å²) in [6.45, 7) is 1.99. The monoisotopic (exact) mass is 237 g/mol. The largest absolute Gasteiger partial charge is 0.508 e. The molecule has 17 heavy (non-hydrogen) atoms. The number of rotatable bonds is 4. The van der Waals surface area contributed by atoms with Crippen molar-refractivity contribution in [2.75, 3.05) is 14.2 Å². The second-order valence-corrected chi connectivity index (χ2v) is 4.67. The second-order valence-electron chi connectivity index (χ2n) is 4.67. The highest BCUT2D eigenvalue weighted by Crippen LogP contribution is 2.55. The molecular weight excluding hydrogens is 218 g/mol. The zero-order valence-corrected chi connectivity index (χ0v) is 10.5. The molecule has 1 aliphatic carbocycles. The Balaban J connectivity index is 2.56. The van der Waals surface area contributed by atoms with Crippen LogP contribution in [0.3, 0.4) is 0 Å². The van der Waals surface area contributed by atoms with Crippen molar-refractivity contribution in [1.29, 1.82) is 0 Å². The lowest BCUT2D eigenvalue weighted by Gasteiger charge is -2.24. The van der Waals surface area contributed by atoms with E-state index in [0.29, 0.717) is 11.5 Å². The van der Waals surface area contributed by atoms with Crippen molar-refractivity contribution in [2.45, 2.75) is 31.2 Å². The molecule has 0 spiro atoms. The van der Waals surface area contributed by atoms with Crippen molar-refractivity contribution in [2.24, 2.45) is 5.73 Å². The van der Waals surface area contributed by atoms with Gasteiger partial charge in [0.1, 0.15) is 5.75 Å². The summed E-state index contributed by atoms with van der Waals surface area (Å²) < 4.78 is 10.6. The maximum absolute atomic E-state index is 9.74. The van der Waals surface area contributed by atoms with Gasteiger partial charge < -0.3 is 20.3 Å². The summed E-state index contributed by atoms with van der Waals surface area (Å²) in [4.78, 5) is 0. The Morgan fingerprint density at radius 2 is 1.94 bits per heavy atom. The lowest BCUT2D eigenvalue weighted by molar-refractivity contribution is 0.342. The third kappa shape index (κ3) is 1.82. The molecule has 2 rings (SSSR count). The fraction of sp³-hybridized carbons (Fsp3) is 0.538. The Morgan fingerprint density at radius 3 is 2.35 bits per heavy atom. The van der Waals surface area contributed by atoms with Crippen molar-refractivity contribution in [3.63, 3.8) is 0 Å². The predicted octanol–water partition coefficient (Wildman–Crippen LogP) is 1.79. The van der Waals surface area contributed by atoms with E-state index < -0.39 is 0 Å². The third-order valence-corrected chi connectivity index (χ3v) is 3.66. The number of phenolic OH excluding ortho intramolecular Hbond substituents is 1. The number of methoxy groups -OCH3 is 2. The standard InChI is InChI=1S/C13H19NO3/c1-8(14)13(4-5-13)10-6-9(15)7-11(16-2)12(10)17-3/h6-8,15H,4-5,14H2,1-3H3. The summed E-state index contributed by atoms with van der Waals surface area (Å²) in [5.74, 6) is 1.42. The highest BCUT2D eigenvalue weighted by molar-refractivity contribution is 5.56. The van der Waals surface area contributed by atoms with Crippen LogP contribution in [0.1, 0.15) is 25.3 Å². The zero-order chi connectivity index (χ0) is 12.6. The van der Waals surface area contributed by atoms with Gasteiger partial charge in [0.25, 0.3) is 0 Å². The van der Waals surface area contributed by atoms with Crippen LogP contribution in [0.25, 0.3) is 0 Å². The molecule has 1 aliphatic rings. The first-order valence-corrected chi connectivity index (χ1v) is 5.76. The van der Waals surface area contributed by atoms with Crippen LogP contribution in [-0.4, -0.2) is 25.4 Å². The predicted molar refractivity (Wildman–Crippen MR) is 65.8 cm³/mol. The number of ether oxygens (including phenoxy) is 2. The molecule has 0 radical (unpaired) electrons. The minimum atomic E-state index is -0.0721. The van der Waals surface area contributed by atoms with E-state index in [9.17, 15) is 5.11 Å². The molecular formula is C13H19NO3. The Bertz CT molecular complexity index is 425. The molecule has 1 aromatic rings. The highest BCUT2D eigenvalue weighted by atomic mass is 16.5. The molecule has 1 aromatic carbocycles. The van der Waals surface area contributed by atoms with Gasteiger partial charge in [-0.3, -0.25) is 0 Å². The molecule has 1 unspecified atom stereocenters. The van der Waals surface area contributed by atoms with Crippen LogP contribution < -0.4 is 15.2 Å². The normalized spacial score (nSPS) is 18.6. The first-order valence-electron chi connectivity index (χ1n) is 5.76. The molecule has 4 nitrogen and oxygen atoms in total. The Labute approximate surface area is 101 Å². The van der Waals surface area contributed by atoms with E-state index in [0.717, 1.165) is 18.4 Å². The summed E-state index contributed by atoms with van der Waals surface area (Å²) in [6, 6.07) is 3.32. The van der Waals surface area contributed by atoms with Crippen LogP contribution in [-0.2, 0) is 5.41 Å². The van der Waals surface area contributed by atoms with E-state index in [4.69, 9.17) is 15.2 Å². The van der Waals surface area contributed by atoms with Crippen LogP contribution in [0.15, 0.2) is 12.1 Å². The Morgan fingerprint density at radius 1 is 1.29 bits per heavy atom. The van der Waals surface area contributed by atoms with Gasteiger partial charge in [0.2, 0.25) is 0 Å². The van der Waals surface area contributed by atoms with Gasteiger partial charge in [-0.2, -0.15) is 0 Å². The summed E-state index contributed by atoms with van der Waals surface area (Å²) in [5, 5.41) is 9.74. The van der Waals surface area contributed by atoms with Crippen molar-refractivity contribution >= 4 is 0 Å². The van der Waals surface area contributed by atoms with E-state index in [-0.39, 0.29) is 17.2 Å². The number of hydrogen-bond acceptors (Lipinski definition) is 4. The molecule has 3 N–H and O–H groups in total. The van der Waals surface area contributed by atoms with Crippen LogP contribution in [0.5, 0.6) is 17.2 Å². The molecule has 0 saturated heterocycles. The number of nitrogens with two attached hydrogens (primary N) is 1. The van der Waals surface area contributed by atoms with Crippen molar-refractivity contribution < 1.29 is 14.6 Å². The van der Waals surface area contributed by atoms with Gasteiger partial charge in [0, 0.05) is 23.1 Å². The van der Waals surface area contributed by atoms with E-state index in [1.54, 1.807) is 26.4 Å². The maximum atomic E-state index is 9.74. The highest BCUT2D eigenvalue weighted by Gasteiger charge is 2.49. The summed E-state index contributed by atoms with van der Waals surface area (Å²) in [5.41, 5.74) is 6.93. The molecule has 1 atom stereocenters. The van der Waals surface area contributed by atoms with Crippen LogP contribution in [0.2, 0.25) is 0 Å². The molecule has 0 aliphatic heterocycles. The molecule has 0 bridgehead atoms. The van der Waals surface area contributed by atoms with Gasteiger partial charge in [0.05, 0.1) is 14.2 Å². The number of hydrogen-bond donors (Lipinski definition) is 2. The van der Waals surface area contributed by atoms with Gasteiger partial charge in [0.15, 0.2) is 11.5 Å². The SMILES string of the molecule is COc1cc(O)cc(C2(C(C)N)CC2)c1OC.